The van der Waals surface area contributed by atoms with Crippen LogP contribution >= 0.6 is 11.6 Å². The molecule has 3 N–H and O–H groups in total. The van der Waals surface area contributed by atoms with Crippen LogP contribution in [0.5, 0.6) is 0 Å². The highest BCUT2D eigenvalue weighted by Crippen LogP contribution is 2.45. The van der Waals surface area contributed by atoms with Crippen LogP contribution < -0.4 is 4.90 Å². The maximum atomic E-state index is 10.4. The highest BCUT2D eigenvalue weighted by molar-refractivity contribution is 6.32. The number of hydrogen-bond donors (Lipinski definition) is 3. The second kappa shape index (κ2) is 5.10. The fourth-order valence-electron chi connectivity index (χ4n) is 3.82. The van der Waals surface area contributed by atoms with Gasteiger partial charge >= 0.3 is 0 Å². The first-order chi connectivity index (χ1) is 10.3. The summed E-state index contributed by atoms with van der Waals surface area (Å²) in [4.78, 5) is 1.95. The molecule has 5 nitrogen and oxygen atoms in total. The van der Waals surface area contributed by atoms with Crippen molar-refractivity contribution in [3.63, 3.8) is 0 Å². The summed E-state index contributed by atoms with van der Waals surface area (Å²) in [7, 11) is 0. The Morgan fingerprint density at radius 3 is 2.68 bits per heavy atom. The van der Waals surface area contributed by atoms with Crippen LogP contribution in [0.1, 0.15) is 30.9 Å². The molecule has 2 aliphatic heterocycles. The van der Waals surface area contributed by atoms with E-state index in [2.05, 4.69) is 0 Å². The molecule has 1 aromatic carbocycles. The molecule has 0 spiro atoms. The van der Waals surface area contributed by atoms with Crippen molar-refractivity contribution in [2.75, 3.05) is 4.90 Å². The van der Waals surface area contributed by atoms with E-state index in [0.717, 1.165) is 11.3 Å². The number of rotatable bonds is 1. The summed E-state index contributed by atoms with van der Waals surface area (Å²) in [5.41, 5.74) is 0.733. The normalized spacial score (nSPS) is 37.2. The molecule has 2 saturated heterocycles. The van der Waals surface area contributed by atoms with E-state index < -0.39 is 17.8 Å². The van der Waals surface area contributed by atoms with Crippen molar-refractivity contribution in [2.45, 2.75) is 56.6 Å². The molecule has 3 rings (SSSR count). The summed E-state index contributed by atoms with van der Waals surface area (Å²) in [5.74, 6) is 0. The number of hydrogen-bond acceptors (Lipinski definition) is 5. The van der Waals surface area contributed by atoms with Crippen molar-refractivity contribution in [1.29, 1.82) is 5.26 Å². The highest BCUT2D eigenvalue weighted by atomic mass is 35.5. The lowest BCUT2D eigenvalue weighted by Crippen LogP contribution is -2.61. The smallest absolute Gasteiger partial charge is 0.103 e. The van der Waals surface area contributed by atoms with Crippen LogP contribution in [-0.4, -0.2) is 45.2 Å². The number of aliphatic hydroxyl groups is 3. The molecule has 2 unspecified atom stereocenters. The second-order valence-corrected chi connectivity index (χ2v) is 6.91. The number of fused-ring (bicyclic) bond motifs is 2. The Bertz CT molecular complexity index is 656. The van der Waals surface area contributed by atoms with Gasteiger partial charge in [-0.25, -0.2) is 0 Å². The van der Waals surface area contributed by atoms with Crippen LogP contribution in [0.3, 0.4) is 0 Å². The zero-order chi connectivity index (χ0) is 16.2. The maximum Gasteiger partial charge on any atom is 0.103 e. The number of aliphatic hydroxyl groups excluding tert-OH is 2. The van der Waals surface area contributed by atoms with Gasteiger partial charge < -0.3 is 20.2 Å². The number of anilines is 1. The lowest BCUT2D eigenvalue weighted by atomic mass is 9.84. The third kappa shape index (κ3) is 2.10. The molecular formula is C16H19ClN2O3. The van der Waals surface area contributed by atoms with E-state index in [0.29, 0.717) is 17.0 Å². The molecule has 0 amide bonds. The maximum absolute atomic E-state index is 10.4. The molecule has 118 valence electrons. The van der Waals surface area contributed by atoms with Gasteiger partial charge in [0.25, 0.3) is 0 Å². The topological polar surface area (TPSA) is 87.7 Å². The van der Waals surface area contributed by atoms with Crippen molar-refractivity contribution < 1.29 is 15.3 Å². The van der Waals surface area contributed by atoms with Crippen LogP contribution in [0, 0.1) is 18.3 Å². The monoisotopic (exact) mass is 322 g/mol. The molecule has 0 saturated carbocycles. The third-order valence-corrected chi connectivity index (χ3v) is 5.51. The van der Waals surface area contributed by atoms with E-state index in [1.807, 2.05) is 17.9 Å². The Morgan fingerprint density at radius 1 is 1.36 bits per heavy atom. The predicted octanol–water partition coefficient (Wildman–Crippen LogP) is 1.34. The number of nitrogens with zero attached hydrogens (tertiary/aromatic N) is 2. The zero-order valence-electron chi connectivity index (χ0n) is 12.5. The summed E-state index contributed by atoms with van der Waals surface area (Å²) in [6.45, 7) is 3.43. The Hall–Kier alpha value is -1.32. The fraction of sp³-hybridized carbons (Fsp3) is 0.562. The molecule has 2 aliphatic rings. The van der Waals surface area contributed by atoms with E-state index in [9.17, 15) is 15.3 Å². The summed E-state index contributed by atoms with van der Waals surface area (Å²) in [6.07, 6.45) is -0.876. The first-order valence-electron chi connectivity index (χ1n) is 7.34. The van der Waals surface area contributed by atoms with Crippen molar-refractivity contribution in [1.82, 2.24) is 0 Å². The van der Waals surface area contributed by atoms with Crippen molar-refractivity contribution >= 4 is 17.3 Å². The molecule has 22 heavy (non-hydrogen) atoms. The van der Waals surface area contributed by atoms with Crippen LogP contribution in [-0.2, 0) is 0 Å². The molecule has 0 aliphatic carbocycles. The highest BCUT2D eigenvalue weighted by Gasteiger charge is 2.55. The van der Waals surface area contributed by atoms with Crippen molar-refractivity contribution in [3.05, 3.63) is 28.3 Å². The van der Waals surface area contributed by atoms with Gasteiger partial charge in [0.2, 0.25) is 0 Å². The first-order valence-corrected chi connectivity index (χ1v) is 7.71. The van der Waals surface area contributed by atoms with Gasteiger partial charge in [0.05, 0.1) is 34.4 Å². The molecule has 0 radical (unpaired) electrons. The van der Waals surface area contributed by atoms with Gasteiger partial charge in [-0.2, -0.15) is 5.26 Å². The molecule has 5 atom stereocenters. The van der Waals surface area contributed by atoms with Crippen molar-refractivity contribution in [3.8, 4) is 6.07 Å². The summed E-state index contributed by atoms with van der Waals surface area (Å²) >= 11 is 6.24. The van der Waals surface area contributed by atoms with E-state index in [4.69, 9.17) is 16.9 Å². The standard InChI is InChI=1S/C16H19ClN2O3/c1-8-10(4-3-9(7-18)14(8)17)19-11-5-13(20)12(19)6-16(2,22)15(11)21/h3-4,11-13,15,20-22H,5-6H2,1-2H3/t11-,12-,13?,15?,16-/m0/s1. The Morgan fingerprint density at radius 2 is 2.05 bits per heavy atom. The summed E-state index contributed by atoms with van der Waals surface area (Å²) < 4.78 is 0. The van der Waals surface area contributed by atoms with Gasteiger partial charge in [-0.15, -0.1) is 0 Å². The lowest BCUT2D eigenvalue weighted by Gasteiger charge is -2.47. The van der Waals surface area contributed by atoms with E-state index in [1.165, 1.54) is 0 Å². The number of piperidine rings is 1. The van der Waals surface area contributed by atoms with E-state index in [-0.39, 0.29) is 18.5 Å². The number of nitriles is 1. The largest absolute Gasteiger partial charge is 0.391 e. The van der Waals surface area contributed by atoms with Crippen LogP contribution in [0.15, 0.2) is 12.1 Å². The number of benzene rings is 1. The van der Waals surface area contributed by atoms with Gasteiger partial charge in [0, 0.05) is 12.1 Å². The van der Waals surface area contributed by atoms with Gasteiger partial charge in [0.1, 0.15) is 12.2 Å². The van der Waals surface area contributed by atoms with E-state index >= 15 is 0 Å². The average Bonchev–Trinajstić information content (AvgIpc) is 2.73. The number of halogens is 1. The van der Waals surface area contributed by atoms with Crippen LogP contribution in [0.4, 0.5) is 5.69 Å². The molecular weight excluding hydrogens is 304 g/mol. The summed E-state index contributed by atoms with van der Waals surface area (Å²) in [6, 6.07) is 4.85. The predicted molar refractivity (Wildman–Crippen MR) is 82.8 cm³/mol. The minimum atomic E-state index is -1.21. The minimum Gasteiger partial charge on any atom is -0.391 e. The van der Waals surface area contributed by atoms with Crippen LogP contribution in [0.25, 0.3) is 0 Å². The van der Waals surface area contributed by atoms with Gasteiger partial charge in [-0.1, -0.05) is 11.6 Å². The van der Waals surface area contributed by atoms with Crippen LogP contribution in [0.2, 0.25) is 5.02 Å². The molecule has 1 aromatic rings. The molecule has 0 aromatic heterocycles. The molecule has 2 bridgehead atoms. The Kier molecular flexibility index (Phi) is 3.61. The Balaban J connectivity index is 2.07. The molecule has 2 fully saturated rings. The Labute approximate surface area is 134 Å². The quantitative estimate of drug-likeness (QED) is 0.726. The SMILES string of the molecule is Cc1c(N2[C@H]3C[C@](C)(O)C(O)[C@@H]2CC3O)ccc(C#N)c1Cl. The van der Waals surface area contributed by atoms with Gasteiger partial charge in [-0.3, -0.25) is 0 Å². The zero-order valence-corrected chi connectivity index (χ0v) is 13.2. The van der Waals surface area contributed by atoms with Crippen molar-refractivity contribution in [2.24, 2.45) is 0 Å². The van der Waals surface area contributed by atoms with E-state index in [1.54, 1.807) is 19.1 Å². The summed E-state index contributed by atoms with van der Waals surface area (Å²) in [5, 5.41) is 40.5. The fourth-order valence-corrected chi connectivity index (χ4v) is 4.02. The van der Waals surface area contributed by atoms with Gasteiger partial charge in [0.15, 0.2) is 0 Å². The third-order valence-electron chi connectivity index (χ3n) is 5.02. The molecule has 2 heterocycles. The second-order valence-electron chi connectivity index (χ2n) is 6.53. The van der Waals surface area contributed by atoms with Gasteiger partial charge in [-0.05, 0) is 38.0 Å². The first kappa shape index (κ1) is 15.6. The minimum absolute atomic E-state index is 0.272. The average molecular weight is 323 g/mol. The molecule has 6 heteroatoms. The lowest BCUT2D eigenvalue weighted by molar-refractivity contribution is -0.0906.